The van der Waals surface area contributed by atoms with Crippen LogP contribution in [0.2, 0.25) is 0 Å². The number of fused-ring (bicyclic) bond motifs is 1. The van der Waals surface area contributed by atoms with E-state index < -0.39 is 0 Å². The molecule has 0 spiro atoms. The van der Waals surface area contributed by atoms with Gasteiger partial charge in [0.25, 0.3) is 5.88 Å². The first-order valence-corrected chi connectivity index (χ1v) is 5.91. The second kappa shape index (κ2) is 5.10. The van der Waals surface area contributed by atoms with Gasteiger partial charge < -0.3 is 4.52 Å². The Hall–Kier alpha value is -1.12. The van der Waals surface area contributed by atoms with Gasteiger partial charge in [-0.1, -0.05) is 24.9 Å². The number of hydrogen-bond donors (Lipinski definition) is 0. The predicted octanol–water partition coefficient (Wildman–Crippen LogP) is 3.45. The van der Waals surface area contributed by atoms with Crippen LogP contribution >= 0.6 is 0 Å². The molecular formula is C12H18N2O. The fraction of sp³-hybridized carbons (Fsp3) is 0.667. The number of unbranched alkanes of at least 4 members (excludes halogenated alkanes) is 3. The first-order chi connectivity index (χ1) is 7.42. The SMILES string of the molecule is CCCCCC=Nc1onc2c1CCC2. The molecule has 3 heteroatoms. The van der Waals surface area contributed by atoms with Crippen molar-refractivity contribution in [2.24, 2.45) is 4.99 Å². The topological polar surface area (TPSA) is 38.4 Å². The van der Waals surface area contributed by atoms with Crippen molar-refractivity contribution in [2.75, 3.05) is 0 Å². The lowest BCUT2D eigenvalue weighted by Crippen LogP contribution is -1.78. The van der Waals surface area contributed by atoms with Gasteiger partial charge in [0.1, 0.15) is 0 Å². The zero-order chi connectivity index (χ0) is 10.5. The molecule has 1 aromatic rings. The normalized spacial score (nSPS) is 15.0. The summed E-state index contributed by atoms with van der Waals surface area (Å²) >= 11 is 0. The Morgan fingerprint density at radius 3 is 3.20 bits per heavy atom. The summed E-state index contributed by atoms with van der Waals surface area (Å²) in [5.41, 5.74) is 2.36. The Morgan fingerprint density at radius 1 is 1.40 bits per heavy atom. The fourth-order valence-corrected chi connectivity index (χ4v) is 1.95. The van der Waals surface area contributed by atoms with Gasteiger partial charge in [-0.15, -0.1) is 0 Å². The Balaban J connectivity index is 1.88. The number of rotatable bonds is 5. The van der Waals surface area contributed by atoms with Crippen LogP contribution in [0.5, 0.6) is 0 Å². The molecular weight excluding hydrogens is 188 g/mol. The van der Waals surface area contributed by atoms with Crippen LogP contribution in [0.15, 0.2) is 9.52 Å². The van der Waals surface area contributed by atoms with Crippen LogP contribution in [-0.4, -0.2) is 11.4 Å². The Bertz CT molecular complexity index is 341. The van der Waals surface area contributed by atoms with E-state index in [1.165, 1.54) is 31.2 Å². The van der Waals surface area contributed by atoms with E-state index in [4.69, 9.17) is 4.52 Å². The van der Waals surface area contributed by atoms with Crippen molar-refractivity contribution in [3.63, 3.8) is 0 Å². The molecule has 0 aromatic carbocycles. The first-order valence-electron chi connectivity index (χ1n) is 5.91. The van der Waals surface area contributed by atoms with Gasteiger partial charge in [0.15, 0.2) is 0 Å². The van der Waals surface area contributed by atoms with Gasteiger partial charge in [0, 0.05) is 11.8 Å². The standard InChI is InChI=1S/C12H18N2O/c1-2-3-4-5-9-13-12-10-7-6-8-11(10)14-15-12/h9H,2-8H2,1H3. The number of aromatic nitrogens is 1. The molecule has 3 nitrogen and oxygen atoms in total. The summed E-state index contributed by atoms with van der Waals surface area (Å²) in [7, 11) is 0. The van der Waals surface area contributed by atoms with E-state index >= 15 is 0 Å². The van der Waals surface area contributed by atoms with Crippen LogP contribution < -0.4 is 0 Å². The maximum atomic E-state index is 5.20. The second-order valence-corrected chi connectivity index (χ2v) is 4.07. The van der Waals surface area contributed by atoms with E-state index in [0.29, 0.717) is 0 Å². The number of hydrogen-bond acceptors (Lipinski definition) is 3. The van der Waals surface area contributed by atoms with Gasteiger partial charge in [-0.25, -0.2) is 4.99 Å². The summed E-state index contributed by atoms with van der Waals surface area (Å²) in [6, 6.07) is 0. The third-order valence-corrected chi connectivity index (χ3v) is 2.83. The molecule has 0 aliphatic heterocycles. The van der Waals surface area contributed by atoms with Crippen molar-refractivity contribution < 1.29 is 4.52 Å². The molecule has 1 heterocycles. The molecule has 0 saturated heterocycles. The van der Waals surface area contributed by atoms with Crippen molar-refractivity contribution in [1.29, 1.82) is 0 Å². The van der Waals surface area contributed by atoms with E-state index in [1.54, 1.807) is 0 Å². The van der Waals surface area contributed by atoms with E-state index in [1.807, 2.05) is 6.21 Å². The monoisotopic (exact) mass is 206 g/mol. The quantitative estimate of drug-likeness (QED) is 0.546. The highest BCUT2D eigenvalue weighted by molar-refractivity contribution is 5.62. The highest BCUT2D eigenvalue weighted by Crippen LogP contribution is 2.30. The number of nitrogens with zero attached hydrogens (tertiary/aromatic N) is 2. The summed E-state index contributed by atoms with van der Waals surface area (Å²) in [5, 5.41) is 4.02. The molecule has 0 atom stereocenters. The maximum absolute atomic E-state index is 5.20. The third-order valence-electron chi connectivity index (χ3n) is 2.83. The lowest BCUT2D eigenvalue weighted by atomic mass is 10.2. The van der Waals surface area contributed by atoms with E-state index in [0.717, 1.165) is 30.8 Å². The third kappa shape index (κ3) is 2.46. The molecule has 1 aliphatic rings. The summed E-state index contributed by atoms with van der Waals surface area (Å²) < 4.78 is 5.20. The van der Waals surface area contributed by atoms with Crippen LogP contribution in [0.3, 0.4) is 0 Å². The van der Waals surface area contributed by atoms with Crippen molar-refractivity contribution >= 4 is 12.1 Å². The van der Waals surface area contributed by atoms with Gasteiger partial charge in [0.2, 0.25) is 0 Å². The first kappa shape index (κ1) is 10.4. The molecule has 82 valence electrons. The van der Waals surface area contributed by atoms with E-state index in [9.17, 15) is 0 Å². The molecule has 0 fully saturated rings. The minimum absolute atomic E-state index is 0.749. The fourth-order valence-electron chi connectivity index (χ4n) is 1.95. The number of aliphatic imine (C=N–C) groups is 1. The summed E-state index contributed by atoms with van der Waals surface area (Å²) in [5.74, 6) is 0.749. The van der Waals surface area contributed by atoms with E-state index in [2.05, 4.69) is 17.1 Å². The van der Waals surface area contributed by atoms with Crippen molar-refractivity contribution in [3.05, 3.63) is 11.3 Å². The van der Waals surface area contributed by atoms with Crippen molar-refractivity contribution in [1.82, 2.24) is 5.16 Å². The van der Waals surface area contributed by atoms with E-state index in [-0.39, 0.29) is 0 Å². The van der Waals surface area contributed by atoms with Crippen LogP contribution in [0, 0.1) is 0 Å². The van der Waals surface area contributed by atoms with Crippen molar-refractivity contribution in [2.45, 2.75) is 51.9 Å². The minimum Gasteiger partial charge on any atom is -0.336 e. The number of aryl methyl sites for hydroxylation is 1. The van der Waals surface area contributed by atoms with Gasteiger partial charge in [-0.05, 0) is 32.1 Å². The predicted molar refractivity (Wildman–Crippen MR) is 60.8 cm³/mol. The largest absolute Gasteiger partial charge is 0.336 e. The van der Waals surface area contributed by atoms with Crippen LogP contribution in [0.1, 0.15) is 50.3 Å². The maximum Gasteiger partial charge on any atom is 0.253 e. The van der Waals surface area contributed by atoms with Crippen LogP contribution in [-0.2, 0) is 12.8 Å². The van der Waals surface area contributed by atoms with Gasteiger partial charge in [-0.2, -0.15) is 0 Å². The summed E-state index contributed by atoms with van der Waals surface area (Å²) in [4.78, 5) is 4.36. The van der Waals surface area contributed by atoms with Gasteiger partial charge in [0.05, 0.1) is 5.69 Å². The molecule has 0 saturated carbocycles. The summed E-state index contributed by atoms with van der Waals surface area (Å²) in [6.45, 7) is 2.21. The Morgan fingerprint density at radius 2 is 2.33 bits per heavy atom. The molecule has 1 aromatic heterocycles. The minimum atomic E-state index is 0.749. The average molecular weight is 206 g/mol. The van der Waals surface area contributed by atoms with Gasteiger partial charge >= 0.3 is 0 Å². The van der Waals surface area contributed by atoms with Crippen molar-refractivity contribution in [3.8, 4) is 0 Å². The molecule has 0 N–H and O–H groups in total. The Kier molecular flexibility index (Phi) is 3.54. The Labute approximate surface area is 90.6 Å². The summed E-state index contributed by atoms with van der Waals surface area (Å²) in [6.07, 6.45) is 10.1. The molecule has 0 unspecified atom stereocenters. The molecule has 2 rings (SSSR count). The van der Waals surface area contributed by atoms with Gasteiger partial charge in [-0.3, -0.25) is 0 Å². The molecule has 0 radical (unpaired) electrons. The zero-order valence-electron chi connectivity index (χ0n) is 9.33. The molecule has 0 amide bonds. The second-order valence-electron chi connectivity index (χ2n) is 4.07. The lowest BCUT2D eigenvalue weighted by Gasteiger charge is -1.91. The molecule has 1 aliphatic carbocycles. The molecule has 15 heavy (non-hydrogen) atoms. The smallest absolute Gasteiger partial charge is 0.253 e. The highest BCUT2D eigenvalue weighted by Gasteiger charge is 2.19. The highest BCUT2D eigenvalue weighted by atomic mass is 16.5. The average Bonchev–Trinajstić information content (AvgIpc) is 2.81. The zero-order valence-corrected chi connectivity index (χ0v) is 9.33. The lowest BCUT2D eigenvalue weighted by molar-refractivity contribution is 0.419. The van der Waals surface area contributed by atoms with Crippen LogP contribution in [0.25, 0.3) is 0 Å². The molecule has 0 bridgehead atoms. The van der Waals surface area contributed by atoms with Crippen LogP contribution in [0.4, 0.5) is 5.88 Å².